The van der Waals surface area contributed by atoms with Gasteiger partial charge in [-0.2, -0.15) is 0 Å². The van der Waals surface area contributed by atoms with E-state index in [1.165, 1.54) is 0 Å². The number of rotatable bonds is 2. The Balaban J connectivity index is 2.30. The molecule has 1 aliphatic rings. The third-order valence-electron chi connectivity index (χ3n) is 3.37. The topological polar surface area (TPSA) is 49.8 Å². The summed E-state index contributed by atoms with van der Waals surface area (Å²) in [5.41, 5.74) is 1.98. The number of hydrogen-bond acceptors (Lipinski definition) is 3. The Morgan fingerprint density at radius 2 is 2.05 bits per heavy atom. The van der Waals surface area contributed by atoms with E-state index in [1.807, 2.05) is 24.3 Å². The van der Waals surface area contributed by atoms with Gasteiger partial charge in [-0.15, -0.1) is 0 Å². The zero-order valence-electron chi connectivity index (χ0n) is 11.7. The number of carbonyl (C=O) groups excluding carboxylic acids is 1. The molecular formula is C15H21NO3. The molecule has 1 heterocycles. The second-order valence-corrected chi connectivity index (χ2v) is 5.90. The van der Waals surface area contributed by atoms with E-state index >= 15 is 0 Å². The van der Waals surface area contributed by atoms with Crippen LogP contribution >= 0.6 is 0 Å². The molecule has 0 aromatic heterocycles. The number of cyclic esters (lactones) is 1. The van der Waals surface area contributed by atoms with E-state index in [1.54, 1.807) is 4.90 Å². The molecule has 0 aliphatic carbocycles. The number of nitrogens with zero attached hydrogens (tertiary/aromatic N) is 1. The highest BCUT2D eigenvalue weighted by molar-refractivity contribution is 5.89. The molecule has 104 valence electrons. The third kappa shape index (κ3) is 2.89. The Kier molecular flexibility index (Phi) is 3.80. The van der Waals surface area contributed by atoms with Crippen molar-refractivity contribution in [2.24, 2.45) is 0 Å². The quantitative estimate of drug-likeness (QED) is 0.892. The van der Waals surface area contributed by atoms with Crippen LogP contribution in [0.4, 0.5) is 10.5 Å². The predicted molar refractivity (Wildman–Crippen MR) is 74.5 cm³/mol. The van der Waals surface area contributed by atoms with Crippen molar-refractivity contribution in [1.29, 1.82) is 0 Å². The lowest BCUT2D eigenvalue weighted by Gasteiger charge is -2.34. The van der Waals surface area contributed by atoms with Crippen LogP contribution in [-0.4, -0.2) is 30.5 Å². The molecule has 2 rings (SSSR count). The summed E-state index contributed by atoms with van der Waals surface area (Å²) in [4.78, 5) is 13.7. The van der Waals surface area contributed by atoms with Crippen LogP contribution < -0.4 is 4.90 Å². The summed E-state index contributed by atoms with van der Waals surface area (Å²) in [6.45, 7) is 6.84. The van der Waals surface area contributed by atoms with Crippen LogP contribution in [0, 0.1) is 0 Å². The summed E-state index contributed by atoms with van der Waals surface area (Å²) in [6.07, 6.45) is -0.0895. The minimum absolute atomic E-state index is 0.0370. The van der Waals surface area contributed by atoms with Crippen LogP contribution in [0.3, 0.4) is 0 Å². The van der Waals surface area contributed by atoms with Gasteiger partial charge in [0.15, 0.2) is 0 Å². The lowest BCUT2D eigenvalue weighted by Crippen LogP contribution is -2.44. The molecule has 1 aromatic carbocycles. The fourth-order valence-electron chi connectivity index (χ4n) is 2.32. The molecule has 1 N–H and O–H groups in total. The Morgan fingerprint density at radius 1 is 1.37 bits per heavy atom. The molecule has 1 amide bonds. The predicted octanol–water partition coefficient (Wildman–Crippen LogP) is 2.69. The fraction of sp³-hybridized carbons (Fsp3) is 0.533. The molecular weight excluding hydrogens is 242 g/mol. The van der Waals surface area contributed by atoms with Gasteiger partial charge in [-0.1, -0.05) is 39.0 Å². The first-order chi connectivity index (χ1) is 8.93. The first kappa shape index (κ1) is 13.9. The van der Waals surface area contributed by atoms with Crippen LogP contribution in [0.1, 0.15) is 32.8 Å². The van der Waals surface area contributed by atoms with Crippen molar-refractivity contribution in [2.75, 3.05) is 18.1 Å². The van der Waals surface area contributed by atoms with Crippen molar-refractivity contribution in [3.8, 4) is 0 Å². The SMILES string of the molecule is CC(C)(C)c1ccccc1N1CCC(CO)OC1=O. The van der Waals surface area contributed by atoms with Crippen LogP contribution in [-0.2, 0) is 10.2 Å². The van der Waals surface area contributed by atoms with E-state index in [9.17, 15) is 4.79 Å². The maximum absolute atomic E-state index is 12.0. The Bertz CT molecular complexity index is 465. The third-order valence-corrected chi connectivity index (χ3v) is 3.37. The maximum atomic E-state index is 12.0. The van der Waals surface area contributed by atoms with Crippen LogP contribution in [0.15, 0.2) is 24.3 Å². The lowest BCUT2D eigenvalue weighted by atomic mass is 9.85. The Labute approximate surface area is 114 Å². The van der Waals surface area contributed by atoms with Gasteiger partial charge in [0, 0.05) is 13.0 Å². The van der Waals surface area contributed by atoms with E-state index in [2.05, 4.69) is 20.8 Å². The van der Waals surface area contributed by atoms with Gasteiger partial charge >= 0.3 is 6.09 Å². The van der Waals surface area contributed by atoms with Crippen molar-refractivity contribution in [2.45, 2.75) is 38.7 Å². The number of aliphatic hydroxyl groups is 1. The van der Waals surface area contributed by atoms with E-state index in [4.69, 9.17) is 9.84 Å². The van der Waals surface area contributed by atoms with Gasteiger partial charge in [0.25, 0.3) is 0 Å². The van der Waals surface area contributed by atoms with Gasteiger partial charge < -0.3 is 9.84 Å². The maximum Gasteiger partial charge on any atom is 0.414 e. The lowest BCUT2D eigenvalue weighted by molar-refractivity contribution is 0.0452. The largest absolute Gasteiger partial charge is 0.443 e. The zero-order chi connectivity index (χ0) is 14.0. The molecule has 4 nitrogen and oxygen atoms in total. The molecule has 1 aromatic rings. The van der Waals surface area contributed by atoms with Crippen LogP contribution in [0.5, 0.6) is 0 Å². The summed E-state index contributed by atoms with van der Waals surface area (Å²) in [5.74, 6) is 0. The molecule has 0 bridgehead atoms. The molecule has 0 radical (unpaired) electrons. The molecule has 4 heteroatoms. The molecule has 1 atom stereocenters. The zero-order valence-corrected chi connectivity index (χ0v) is 11.7. The normalized spacial score (nSPS) is 20.3. The van der Waals surface area contributed by atoms with Crippen molar-refractivity contribution >= 4 is 11.8 Å². The van der Waals surface area contributed by atoms with Crippen molar-refractivity contribution in [3.05, 3.63) is 29.8 Å². The smallest absolute Gasteiger partial charge is 0.414 e. The molecule has 1 aliphatic heterocycles. The monoisotopic (exact) mass is 263 g/mol. The second-order valence-electron chi connectivity index (χ2n) is 5.90. The minimum atomic E-state index is -0.373. The van der Waals surface area contributed by atoms with E-state index in [-0.39, 0.29) is 24.2 Å². The number of amides is 1. The number of hydrogen-bond donors (Lipinski definition) is 1. The average molecular weight is 263 g/mol. The van der Waals surface area contributed by atoms with Crippen molar-refractivity contribution < 1.29 is 14.6 Å². The van der Waals surface area contributed by atoms with Crippen LogP contribution in [0.25, 0.3) is 0 Å². The molecule has 0 saturated carbocycles. The van der Waals surface area contributed by atoms with Crippen LogP contribution in [0.2, 0.25) is 0 Å². The van der Waals surface area contributed by atoms with Gasteiger partial charge in [0.05, 0.1) is 12.3 Å². The van der Waals surface area contributed by atoms with Gasteiger partial charge in [0.1, 0.15) is 6.10 Å². The number of ether oxygens (including phenoxy) is 1. The Morgan fingerprint density at radius 3 is 2.63 bits per heavy atom. The number of anilines is 1. The average Bonchev–Trinajstić information content (AvgIpc) is 2.37. The van der Waals surface area contributed by atoms with Gasteiger partial charge in [-0.3, -0.25) is 4.90 Å². The van der Waals surface area contributed by atoms with E-state index < -0.39 is 0 Å². The summed E-state index contributed by atoms with van der Waals surface area (Å²) in [5, 5.41) is 9.05. The van der Waals surface area contributed by atoms with Gasteiger partial charge in [-0.05, 0) is 17.0 Å². The second kappa shape index (κ2) is 5.21. The standard InChI is InChI=1S/C15H21NO3/c1-15(2,3)12-6-4-5-7-13(12)16-9-8-11(10-17)19-14(16)18/h4-7,11,17H,8-10H2,1-3H3. The summed E-state index contributed by atoms with van der Waals surface area (Å²) in [7, 11) is 0. The number of benzene rings is 1. The first-order valence-corrected chi connectivity index (χ1v) is 6.62. The fourth-order valence-corrected chi connectivity index (χ4v) is 2.32. The highest BCUT2D eigenvalue weighted by atomic mass is 16.6. The summed E-state index contributed by atoms with van der Waals surface area (Å²) in [6, 6.07) is 7.90. The highest BCUT2D eigenvalue weighted by Gasteiger charge is 2.30. The molecule has 1 fully saturated rings. The minimum Gasteiger partial charge on any atom is -0.443 e. The van der Waals surface area contributed by atoms with E-state index in [0.29, 0.717) is 13.0 Å². The first-order valence-electron chi connectivity index (χ1n) is 6.62. The van der Waals surface area contributed by atoms with Crippen molar-refractivity contribution in [1.82, 2.24) is 0 Å². The molecule has 19 heavy (non-hydrogen) atoms. The Hall–Kier alpha value is -1.55. The van der Waals surface area contributed by atoms with Crippen molar-refractivity contribution in [3.63, 3.8) is 0 Å². The number of para-hydroxylation sites is 1. The molecule has 1 saturated heterocycles. The molecule has 1 unspecified atom stereocenters. The summed E-state index contributed by atoms with van der Waals surface area (Å²) < 4.78 is 5.21. The summed E-state index contributed by atoms with van der Waals surface area (Å²) >= 11 is 0. The number of aliphatic hydroxyl groups excluding tert-OH is 1. The molecule has 0 spiro atoms. The van der Waals surface area contributed by atoms with E-state index in [0.717, 1.165) is 11.3 Å². The number of carbonyl (C=O) groups is 1. The highest BCUT2D eigenvalue weighted by Crippen LogP contribution is 2.33. The van der Waals surface area contributed by atoms with Gasteiger partial charge in [-0.25, -0.2) is 4.79 Å². The van der Waals surface area contributed by atoms with Gasteiger partial charge in [0.2, 0.25) is 0 Å².